The Kier molecular flexibility index (Phi) is 5.70. The third kappa shape index (κ3) is 4.86. The van der Waals surface area contributed by atoms with E-state index in [4.69, 9.17) is 14.6 Å². The summed E-state index contributed by atoms with van der Waals surface area (Å²) in [6.45, 7) is 2.43. The largest absolute Gasteiger partial charge is 0.494 e. The second-order valence-electron chi connectivity index (χ2n) is 3.59. The van der Waals surface area contributed by atoms with Crippen LogP contribution < -0.4 is 4.74 Å². The molecule has 0 fully saturated rings. The SMILES string of the molecule is CCOC(=O)c1ccc(OCCCC(=O)O)cc1. The molecule has 0 saturated carbocycles. The predicted octanol–water partition coefficient (Wildman–Crippen LogP) is 2.11. The van der Waals surface area contributed by atoms with Crippen LogP contribution in [0.1, 0.15) is 30.1 Å². The van der Waals surface area contributed by atoms with Crippen LogP contribution in [0.2, 0.25) is 0 Å². The zero-order valence-corrected chi connectivity index (χ0v) is 10.2. The summed E-state index contributed by atoms with van der Waals surface area (Å²) in [5.41, 5.74) is 0.467. The zero-order valence-electron chi connectivity index (χ0n) is 10.2. The molecule has 0 heterocycles. The van der Waals surface area contributed by atoms with Gasteiger partial charge in [-0.2, -0.15) is 0 Å². The molecule has 5 heteroatoms. The highest BCUT2D eigenvalue weighted by molar-refractivity contribution is 5.89. The second-order valence-corrected chi connectivity index (χ2v) is 3.59. The van der Waals surface area contributed by atoms with E-state index in [-0.39, 0.29) is 12.4 Å². The van der Waals surface area contributed by atoms with Gasteiger partial charge in [-0.1, -0.05) is 0 Å². The molecule has 0 aliphatic heterocycles. The number of aliphatic carboxylic acids is 1. The van der Waals surface area contributed by atoms with Crippen molar-refractivity contribution in [3.63, 3.8) is 0 Å². The Hall–Kier alpha value is -2.04. The second kappa shape index (κ2) is 7.32. The molecule has 0 aromatic heterocycles. The van der Waals surface area contributed by atoms with E-state index < -0.39 is 5.97 Å². The maximum atomic E-state index is 11.4. The van der Waals surface area contributed by atoms with Gasteiger partial charge in [-0.25, -0.2) is 4.79 Å². The fourth-order valence-electron chi connectivity index (χ4n) is 1.32. The first kappa shape index (κ1) is 14.0. The van der Waals surface area contributed by atoms with Crippen molar-refractivity contribution in [1.29, 1.82) is 0 Å². The van der Waals surface area contributed by atoms with Gasteiger partial charge in [-0.3, -0.25) is 4.79 Å². The smallest absolute Gasteiger partial charge is 0.338 e. The van der Waals surface area contributed by atoms with Crippen LogP contribution in [-0.2, 0) is 9.53 Å². The molecule has 98 valence electrons. The first-order chi connectivity index (χ1) is 8.63. The average molecular weight is 252 g/mol. The lowest BCUT2D eigenvalue weighted by atomic mass is 10.2. The van der Waals surface area contributed by atoms with E-state index in [1.54, 1.807) is 31.2 Å². The van der Waals surface area contributed by atoms with Crippen LogP contribution in [0.4, 0.5) is 0 Å². The topological polar surface area (TPSA) is 72.8 Å². The highest BCUT2D eigenvalue weighted by atomic mass is 16.5. The van der Waals surface area contributed by atoms with Crippen LogP contribution in [0.5, 0.6) is 5.75 Å². The Balaban J connectivity index is 2.40. The molecule has 0 atom stereocenters. The van der Waals surface area contributed by atoms with Crippen LogP contribution in [0.3, 0.4) is 0 Å². The van der Waals surface area contributed by atoms with Crippen molar-refractivity contribution in [2.45, 2.75) is 19.8 Å². The quantitative estimate of drug-likeness (QED) is 0.594. The number of carboxylic acid groups (broad SMARTS) is 1. The van der Waals surface area contributed by atoms with Crippen molar-refractivity contribution in [2.24, 2.45) is 0 Å². The van der Waals surface area contributed by atoms with Crippen LogP contribution in [-0.4, -0.2) is 30.3 Å². The van der Waals surface area contributed by atoms with E-state index in [0.29, 0.717) is 30.9 Å². The lowest BCUT2D eigenvalue weighted by Crippen LogP contribution is -2.05. The predicted molar refractivity (Wildman–Crippen MR) is 64.8 cm³/mol. The van der Waals surface area contributed by atoms with Gasteiger partial charge in [0.15, 0.2) is 0 Å². The highest BCUT2D eigenvalue weighted by Crippen LogP contribution is 2.13. The van der Waals surface area contributed by atoms with Gasteiger partial charge in [0, 0.05) is 6.42 Å². The molecule has 0 bridgehead atoms. The fraction of sp³-hybridized carbons (Fsp3) is 0.385. The first-order valence-corrected chi connectivity index (χ1v) is 5.75. The Morgan fingerprint density at radius 3 is 2.44 bits per heavy atom. The summed E-state index contributed by atoms with van der Waals surface area (Å²) in [5, 5.41) is 8.45. The van der Waals surface area contributed by atoms with Gasteiger partial charge in [0.25, 0.3) is 0 Å². The molecule has 0 radical (unpaired) electrons. The molecule has 5 nitrogen and oxygen atoms in total. The monoisotopic (exact) mass is 252 g/mol. The first-order valence-electron chi connectivity index (χ1n) is 5.75. The van der Waals surface area contributed by atoms with E-state index in [2.05, 4.69) is 0 Å². The maximum Gasteiger partial charge on any atom is 0.338 e. The van der Waals surface area contributed by atoms with Crippen molar-refractivity contribution < 1.29 is 24.2 Å². The Morgan fingerprint density at radius 2 is 1.89 bits per heavy atom. The van der Waals surface area contributed by atoms with Gasteiger partial charge in [0.2, 0.25) is 0 Å². The van der Waals surface area contributed by atoms with Crippen molar-refractivity contribution in [3.8, 4) is 5.75 Å². The number of carboxylic acids is 1. The van der Waals surface area contributed by atoms with Crippen molar-refractivity contribution in [3.05, 3.63) is 29.8 Å². The Morgan fingerprint density at radius 1 is 1.22 bits per heavy atom. The molecule has 1 rings (SSSR count). The number of esters is 1. The van der Waals surface area contributed by atoms with E-state index in [9.17, 15) is 9.59 Å². The third-order valence-electron chi connectivity index (χ3n) is 2.17. The summed E-state index contributed by atoms with van der Waals surface area (Å²) < 4.78 is 10.2. The molecule has 1 aromatic rings. The van der Waals surface area contributed by atoms with Gasteiger partial charge < -0.3 is 14.6 Å². The molecule has 1 aromatic carbocycles. The zero-order chi connectivity index (χ0) is 13.4. The van der Waals surface area contributed by atoms with E-state index in [1.165, 1.54) is 0 Å². The van der Waals surface area contributed by atoms with Gasteiger partial charge in [0.05, 0.1) is 18.8 Å². The van der Waals surface area contributed by atoms with E-state index in [1.807, 2.05) is 0 Å². The summed E-state index contributed by atoms with van der Waals surface area (Å²) in [7, 11) is 0. The lowest BCUT2D eigenvalue weighted by Gasteiger charge is -2.06. The van der Waals surface area contributed by atoms with Crippen LogP contribution in [0.25, 0.3) is 0 Å². The molecule has 1 N–H and O–H groups in total. The van der Waals surface area contributed by atoms with Crippen molar-refractivity contribution >= 4 is 11.9 Å². The van der Waals surface area contributed by atoms with Crippen LogP contribution in [0, 0.1) is 0 Å². The van der Waals surface area contributed by atoms with Gasteiger partial charge in [-0.05, 0) is 37.6 Å². The van der Waals surface area contributed by atoms with Gasteiger partial charge in [0.1, 0.15) is 5.75 Å². The molecule has 0 aliphatic carbocycles. The Labute approximate surface area is 105 Å². The number of benzene rings is 1. The van der Waals surface area contributed by atoms with Gasteiger partial charge in [-0.15, -0.1) is 0 Å². The number of rotatable bonds is 7. The maximum absolute atomic E-state index is 11.4. The van der Waals surface area contributed by atoms with E-state index >= 15 is 0 Å². The number of hydrogen-bond acceptors (Lipinski definition) is 4. The molecular weight excluding hydrogens is 236 g/mol. The number of hydrogen-bond donors (Lipinski definition) is 1. The van der Waals surface area contributed by atoms with Crippen LogP contribution in [0.15, 0.2) is 24.3 Å². The summed E-state index contributed by atoms with van der Waals surface area (Å²) in [6, 6.07) is 6.55. The van der Waals surface area contributed by atoms with Crippen molar-refractivity contribution in [1.82, 2.24) is 0 Å². The summed E-state index contributed by atoms with van der Waals surface area (Å²) in [6.07, 6.45) is 0.538. The lowest BCUT2D eigenvalue weighted by molar-refractivity contribution is -0.137. The highest BCUT2D eigenvalue weighted by Gasteiger charge is 2.05. The third-order valence-corrected chi connectivity index (χ3v) is 2.17. The van der Waals surface area contributed by atoms with E-state index in [0.717, 1.165) is 0 Å². The van der Waals surface area contributed by atoms with Gasteiger partial charge >= 0.3 is 11.9 Å². The minimum atomic E-state index is -0.837. The van der Waals surface area contributed by atoms with Crippen molar-refractivity contribution in [2.75, 3.05) is 13.2 Å². The average Bonchev–Trinajstić information content (AvgIpc) is 2.35. The molecule has 0 unspecified atom stereocenters. The summed E-state index contributed by atoms with van der Waals surface area (Å²) in [4.78, 5) is 21.6. The fourth-order valence-corrected chi connectivity index (χ4v) is 1.32. The summed E-state index contributed by atoms with van der Waals surface area (Å²) in [5.74, 6) is -0.598. The molecule has 0 saturated heterocycles. The minimum absolute atomic E-state index is 0.0842. The number of carbonyl (C=O) groups is 2. The molecule has 0 amide bonds. The molecule has 0 aliphatic rings. The Bertz CT molecular complexity index is 396. The molecule has 0 spiro atoms. The molecule has 18 heavy (non-hydrogen) atoms. The standard InChI is InChI=1S/C13H16O5/c1-2-17-13(16)10-5-7-11(8-6-10)18-9-3-4-12(14)15/h5-8H,2-4,9H2,1H3,(H,14,15). The molecular formula is C13H16O5. The minimum Gasteiger partial charge on any atom is -0.494 e. The number of carbonyl (C=O) groups excluding carboxylic acids is 1. The summed E-state index contributed by atoms with van der Waals surface area (Å²) >= 11 is 0. The van der Waals surface area contributed by atoms with Crippen LogP contribution >= 0.6 is 0 Å². The number of ether oxygens (including phenoxy) is 2. The normalized spacial score (nSPS) is 9.83.